The van der Waals surface area contributed by atoms with E-state index in [4.69, 9.17) is 4.74 Å². The summed E-state index contributed by atoms with van der Waals surface area (Å²) in [6.45, 7) is 3.46. The Kier molecular flexibility index (Phi) is 7.63. The molecule has 0 aliphatic carbocycles. The molecule has 3 rings (SSSR count). The molecule has 30 heavy (non-hydrogen) atoms. The van der Waals surface area contributed by atoms with Crippen molar-refractivity contribution in [2.24, 2.45) is 0 Å². The molecule has 9 heteroatoms. The number of benzene rings is 1. The minimum Gasteiger partial charge on any atom is -0.382 e. The first-order valence-corrected chi connectivity index (χ1v) is 11.3. The highest BCUT2D eigenvalue weighted by Gasteiger charge is 2.24. The smallest absolute Gasteiger partial charge is 0.262 e. The molecule has 0 bridgehead atoms. The summed E-state index contributed by atoms with van der Waals surface area (Å²) in [5.41, 5.74) is 1.99. The highest BCUT2D eigenvalue weighted by Crippen LogP contribution is 2.22. The lowest BCUT2D eigenvalue weighted by molar-refractivity contribution is -0.119. The van der Waals surface area contributed by atoms with Crippen molar-refractivity contribution >= 4 is 50.7 Å². The second-order valence-corrected chi connectivity index (χ2v) is 9.57. The highest BCUT2D eigenvalue weighted by atomic mass is 79.9. The maximum atomic E-state index is 12.7. The molecule has 160 valence electrons. The van der Waals surface area contributed by atoms with E-state index in [0.717, 1.165) is 35.3 Å². The van der Waals surface area contributed by atoms with Crippen molar-refractivity contribution in [3.8, 4) is 0 Å². The Balaban J connectivity index is 1.67. The van der Waals surface area contributed by atoms with Gasteiger partial charge in [-0.1, -0.05) is 0 Å². The van der Waals surface area contributed by atoms with E-state index < -0.39 is 6.04 Å². The molecule has 0 spiro atoms. The van der Waals surface area contributed by atoms with Crippen LogP contribution in [0.15, 0.2) is 34.1 Å². The zero-order valence-electron chi connectivity index (χ0n) is 16.9. The van der Waals surface area contributed by atoms with Gasteiger partial charge in [-0.2, -0.15) is 0 Å². The zero-order chi connectivity index (χ0) is 21.7. The van der Waals surface area contributed by atoms with E-state index in [9.17, 15) is 14.4 Å². The van der Waals surface area contributed by atoms with Crippen molar-refractivity contribution in [3.63, 3.8) is 0 Å². The number of hydrogen-bond acceptors (Lipinski definition) is 5. The van der Waals surface area contributed by atoms with Crippen molar-refractivity contribution in [1.29, 1.82) is 0 Å². The van der Waals surface area contributed by atoms with Gasteiger partial charge in [0, 0.05) is 31.5 Å². The summed E-state index contributed by atoms with van der Waals surface area (Å²) in [5.74, 6) is -0.709. The van der Waals surface area contributed by atoms with E-state index in [1.165, 1.54) is 18.4 Å². The summed E-state index contributed by atoms with van der Waals surface area (Å²) in [7, 11) is 1.47. The van der Waals surface area contributed by atoms with E-state index in [-0.39, 0.29) is 24.3 Å². The number of amides is 3. The van der Waals surface area contributed by atoms with Gasteiger partial charge in [-0.05, 0) is 71.6 Å². The van der Waals surface area contributed by atoms with Crippen LogP contribution in [0, 0.1) is 6.92 Å². The molecule has 7 nitrogen and oxygen atoms in total. The minimum absolute atomic E-state index is 0.0227. The first-order valence-electron chi connectivity index (χ1n) is 9.65. The van der Waals surface area contributed by atoms with E-state index in [1.54, 1.807) is 30.3 Å². The topological polar surface area (TPSA) is 87.7 Å². The highest BCUT2D eigenvalue weighted by molar-refractivity contribution is 9.11. The number of nitrogens with zero attached hydrogens (tertiary/aromatic N) is 1. The first kappa shape index (κ1) is 22.5. The molecular weight excluding hydrogens is 470 g/mol. The normalized spacial score (nSPS) is 14.4. The minimum atomic E-state index is -0.852. The predicted octanol–water partition coefficient (Wildman–Crippen LogP) is 3.44. The molecule has 1 atom stereocenters. The maximum Gasteiger partial charge on any atom is 0.262 e. The van der Waals surface area contributed by atoms with E-state index in [1.807, 2.05) is 11.8 Å². The van der Waals surface area contributed by atoms with E-state index in [0.29, 0.717) is 16.1 Å². The van der Waals surface area contributed by atoms with Crippen LogP contribution in [-0.2, 0) is 9.53 Å². The quantitative estimate of drug-likeness (QED) is 0.618. The fourth-order valence-corrected chi connectivity index (χ4v) is 4.61. The Labute approximate surface area is 187 Å². The number of rotatable bonds is 7. The van der Waals surface area contributed by atoms with Crippen LogP contribution in [0.1, 0.15) is 38.4 Å². The van der Waals surface area contributed by atoms with Crippen LogP contribution in [0.25, 0.3) is 0 Å². The number of carbonyl (C=O) groups excluding carboxylic acids is 3. The van der Waals surface area contributed by atoms with Gasteiger partial charge >= 0.3 is 0 Å². The number of ether oxygens (including phenoxy) is 1. The predicted molar refractivity (Wildman–Crippen MR) is 120 cm³/mol. The molecule has 1 aliphatic rings. The molecule has 2 aromatic rings. The van der Waals surface area contributed by atoms with Crippen molar-refractivity contribution in [1.82, 2.24) is 10.2 Å². The molecule has 0 saturated carbocycles. The molecular formula is C21H24BrN3O4S. The molecule has 1 aromatic heterocycles. The van der Waals surface area contributed by atoms with Crippen molar-refractivity contribution in [3.05, 3.63) is 50.1 Å². The van der Waals surface area contributed by atoms with Gasteiger partial charge in [0.05, 0.1) is 15.3 Å². The van der Waals surface area contributed by atoms with Crippen LogP contribution in [0.3, 0.4) is 0 Å². The van der Waals surface area contributed by atoms with Gasteiger partial charge in [0.2, 0.25) is 5.91 Å². The lowest BCUT2D eigenvalue weighted by Crippen LogP contribution is -2.46. The molecule has 1 saturated heterocycles. The van der Waals surface area contributed by atoms with Gasteiger partial charge in [0.15, 0.2) is 0 Å². The van der Waals surface area contributed by atoms with Crippen LogP contribution >= 0.6 is 27.3 Å². The number of nitrogens with one attached hydrogen (secondary N) is 2. The van der Waals surface area contributed by atoms with Crippen molar-refractivity contribution < 1.29 is 19.1 Å². The summed E-state index contributed by atoms with van der Waals surface area (Å²) >= 11 is 4.61. The molecule has 1 fully saturated rings. The zero-order valence-corrected chi connectivity index (χ0v) is 19.3. The number of likely N-dealkylation sites (tertiary alicyclic amines) is 1. The van der Waals surface area contributed by atoms with Crippen LogP contribution in [0.4, 0.5) is 5.69 Å². The summed E-state index contributed by atoms with van der Waals surface area (Å²) < 4.78 is 5.94. The summed E-state index contributed by atoms with van der Waals surface area (Å²) in [6, 6.07) is 7.82. The van der Waals surface area contributed by atoms with Crippen molar-refractivity contribution in [2.75, 3.05) is 32.1 Å². The van der Waals surface area contributed by atoms with E-state index in [2.05, 4.69) is 26.6 Å². The lowest BCUT2D eigenvalue weighted by Gasteiger charge is -2.19. The van der Waals surface area contributed by atoms with Gasteiger partial charge in [-0.3, -0.25) is 14.4 Å². The van der Waals surface area contributed by atoms with Gasteiger partial charge in [0.25, 0.3) is 11.8 Å². The Morgan fingerprint density at radius 2 is 1.93 bits per heavy atom. The Morgan fingerprint density at radius 3 is 2.53 bits per heavy atom. The SMILES string of the molecule is COC[C@@H](NC(=O)c1ccc(Br)s1)C(=O)Nc1ccc(C(=O)N2CCCC2)c(C)c1. The Morgan fingerprint density at radius 1 is 1.20 bits per heavy atom. The average molecular weight is 494 g/mol. The van der Waals surface area contributed by atoms with Gasteiger partial charge in [0.1, 0.15) is 6.04 Å². The van der Waals surface area contributed by atoms with Crippen LogP contribution < -0.4 is 10.6 Å². The monoisotopic (exact) mass is 493 g/mol. The Hall–Kier alpha value is -2.23. The lowest BCUT2D eigenvalue weighted by atomic mass is 10.1. The molecule has 1 aromatic carbocycles. The second kappa shape index (κ2) is 10.2. The third-order valence-electron chi connectivity index (χ3n) is 4.87. The Bertz CT molecular complexity index is 940. The fourth-order valence-electron chi connectivity index (χ4n) is 3.32. The largest absolute Gasteiger partial charge is 0.382 e. The molecule has 3 amide bonds. The number of thiophene rings is 1. The third kappa shape index (κ3) is 5.47. The molecule has 2 N–H and O–H groups in total. The molecule has 0 radical (unpaired) electrons. The summed E-state index contributed by atoms with van der Waals surface area (Å²) in [4.78, 5) is 40.1. The number of methoxy groups -OCH3 is 1. The molecule has 0 unspecified atom stereocenters. The number of anilines is 1. The maximum absolute atomic E-state index is 12.7. The first-order chi connectivity index (χ1) is 14.4. The van der Waals surface area contributed by atoms with Gasteiger partial charge < -0.3 is 20.3 Å². The van der Waals surface area contributed by atoms with Crippen molar-refractivity contribution in [2.45, 2.75) is 25.8 Å². The number of hydrogen-bond donors (Lipinski definition) is 2. The number of aryl methyl sites for hydroxylation is 1. The standard InChI is InChI=1S/C21H24BrN3O4S/c1-13-11-14(5-6-15(13)21(28)25-9-3-4-10-25)23-19(26)16(12-29-2)24-20(27)17-7-8-18(22)30-17/h5-8,11,16H,3-4,9-10,12H2,1-2H3,(H,23,26)(H,24,27)/t16-/m1/s1. The van der Waals surface area contributed by atoms with Gasteiger partial charge in [-0.25, -0.2) is 0 Å². The summed E-state index contributed by atoms with van der Waals surface area (Å²) in [6.07, 6.45) is 2.07. The third-order valence-corrected chi connectivity index (χ3v) is 6.49. The van der Waals surface area contributed by atoms with Crippen LogP contribution in [-0.4, -0.2) is 55.5 Å². The number of halogens is 1. The molecule has 1 aliphatic heterocycles. The van der Waals surface area contributed by atoms with Crippen LogP contribution in [0.5, 0.6) is 0 Å². The van der Waals surface area contributed by atoms with Crippen LogP contribution in [0.2, 0.25) is 0 Å². The second-order valence-electron chi connectivity index (χ2n) is 7.10. The summed E-state index contributed by atoms with van der Waals surface area (Å²) in [5, 5.41) is 5.50. The van der Waals surface area contributed by atoms with E-state index >= 15 is 0 Å². The average Bonchev–Trinajstić information content (AvgIpc) is 3.39. The number of carbonyl (C=O) groups is 3. The van der Waals surface area contributed by atoms with Gasteiger partial charge in [-0.15, -0.1) is 11.3 Å². The fraction of sp³-hybridized carbons (Fsp3) is 0.381. The molecule has 2 heterocycles.